The number of halogens is 2. The third kappa shape index (κ3) is 3.27. The Labute approximate surface area is 150 Å². The van der Waals surface area contributed by atoms with E-state index in [2.05, 4.69) is 21.5 Å². The number of nitrogens with zero attached hydrogens (tertiary/aromatic N) is 3. The maximum atomic E-state index is 14.1. The maximum absolute atomic E-state index is 14.1. The second kappa shape index (κ2) is 6.38. The lowest BCUT2D eigenvalue weighted by Crippen LogP contribution is -2.19. The quantitative estimate of drug-likeness (QED) is 0.477. The highest BCUT2D eigenvalue weighted by Gasteiger charge is 2.51. The van der Waals surface area contributed by atoms with Crippen molar-refractivity contribution in [1.29, 1.82) is 0 Å². The fourth-order valence-electron chi connectivity index (χ4n) is 2.56. The second-order valence-electron chi connectivity index (χ2n) is 5.72. The molecule has 0 unspecified atom stereocenters. The number of anilines is 1. The van der Waals surface area contributed by atoms with Crippen LogP contribution in [-0.4, -0.2) is 35.0 Å². The minimum Gasteiger partial charge on any atom is -0.369 e. The predicted octanol–water partition coefficient (Wildman–Crippen LogP) is 1.53. The van der Waals surface area contributed by atoms with Crippen LogP contribution >= 0.6 is 7.60 Å². The zero-order chi connectivity index (χ0) is 20.0. The molecule has 0 bridgehead atoms. The topological polar surface area (TPSA) is 147 Å². The summed E-state index contributed by atoms with van der Waals surface area (Å²) >= 11 is 0. The van der Waals surface area contributed by atoms with Gasteiger partial charge in [0.2, 0.25) is 5.95 Å². The zero-order valence-electron chi connectivity index (χ0n) is 13.6. The molecule has 12 heteroatoms. The first-order valence-electron chi connectivity index (χ1n) is 7.44. The number of fused-ring (bicyclic) bond motifs is 1. The van der Waals surface area contributed by atoms with Crippen LogP contribution in [0, 0.1) is 0 Å². The molecular weight excluding hydrogens is 383 g/mol. The van der Waals surface area contributed by atoms with Gasteiger partial charge in [-0.05, 0) is 11.1 Å². The van der Waals surface area contributed by atoms with Crippen LogP contribution in [0.4, 0.5) is 14.7 Å². The number of rotatable bonds is 5. The molecule has 1 aromatic carbocycles. The number of alkyl halides is 2. The second-order valence-corrected chi connectivity index (χ2v) is 7.37. The summed E-state index contributed by atoms with van der Waals surface area (Å²) in [6.45, 7) is 3.13. The number of nitrogens with two attached hydrogens (primary N) is 1. The van der Waals surface area contributed by atoms with Gasteiger partial charge in [-0.3, -0.25) is 14.3 Å². The maximum Gasteiger partial charge on any atom is 0.399 e. The molecule has 3 aromatic rings. The first kappa shape index (κ1) is 18.9. The summed E-state index contributed by atoms with van der Waals surface area (Å²) in [7, 11) is -5.76. The molecule has 2 heterocycles. The van der Waals surface area contributed by atoms with Crippen molar-refractivity contribution in [3.05, 3.63) is 58.7 Å². The molecule has 9 nitrogen and oxygen atoms in total. The molecule has 0 atom stereocenters. The van der Waals surface area contributed by atoms with Crippen LogP contribution in [-0.2, 0) is 11.1 Å². The number of H-pyrrole nitrogens is 1. The molecule has 0 saturated heterocycles. The van der Waals surface area contributed by atoms with Crippen LogP contribution in [0.1, 0.15) is 11.1 Å². The minimum atomic E-state index is -5.76. The van der Waals surface area contributed by atoms with E-state index in [1.54, 1.807) is 6.07 Å². The van der Waals surface area contributed by atoms with Crippen LogP contribution in [0.5, 0.6) is 0 Å². The van der Waals surface area contributed by atoms with Crippen molar-refractivity contribution in [3.63, 3.8) is 0 Å². The van der Waals surface area contributed by atoms with Crippen molar-refractivity contribution in [2.75, 3.05) is 5.73 Å². The van der Waals surface area contributed by atoms with Crippen molar-refractivity contribution in [3.8, 4) is 0 Å². The molecule has 0 radical (unpaired) electrons. The van der Waals surface area contributed by atoms with Gasteiger partial charge in [-0.2, -0.15) is 13.8 Å². The Kier molecular flexibility index (Phi) is 4.46. The smallest absolute Gasteiger partial charge is 0.369 e. The Hall–Kier alpha value is -2.88. The van der Waals surface area contributed by atoms with Gasteiger partial charge >= 0.3 is 13.3 Å². The molecule has 27 heavy (non-hydrogen) atoms. The highest BCUT2D eigenvalue weighted by Crippen LogP contribution is 2.58. The first-order chi connectivity index (χ1) is 12.5. The van der Waals surface area contributed by atoms with Gasteiger partial charge in [0.05, 0.1) is 12.9 Å². The Balaban J connectivity index is 2.07. The number of nitrogens with one attached hydrogen (secondary N) is 1. The summed E-state index contributed by atoms with van der Waals surface area (Å²) < 4.78 is 40.7. The zero-order valence-corrected chi connectivity index (χ0v) is 14.5. The Bertz CT molecular complexity index is 1150. The summed E-state index contributed by atoms with van der Waals surface area (Å²) in [6.07, 6.45) is 1.28. The largest absolute Gasteiger partial charge is 0.399 e. The number of hydrogen-bond acceptors (Lipinski definition) is 5. The van der Waals surface area contributed by atoms with Gasteiger partial charge in [0.25, 0.3) is 5.56 Å². The van der Waals surface area contributed by atoms with E-state index >= 15 is 0 Å². The van der Waals surface area contributed by atoms with Gasteiger partial charge in [-0.25, -0.2) is 4.98 Å². The van der Waals surface area contributed by atoms with Gasteiger partial charge in [0.1, 0.15) is 0 Å². The molecular formula is C15H14F2N5O4P. The first-order valence-corrected chi connectivity index (χ1v) is 9.05. The lowest BCUT2D eigenvalue weighted by molar-refractivity contribution is 0.118. The number of aromatic amines is 1. The standard InChI is InChI=1S/C15H14F2N5O4P/c1-8(15(16,17)27(24,25)26)10-5-3-2-4-9(10)6-22-7-19-11-12(22)20-14(18)21-13(11)23/h2-5,7H,1,6H2,(H2,24,25,26)(H3,18,20,21,23). The summed E-state index contributed by atoms with van der Waals surface area (Å²) in [4.78, 5) is 39.9. The molecule has 0 fully saturated rings. The van der Waals surface area contributed by atoms with Crippen LogP contribution in [0.25, 0.3) is 16.7 Å². The Morgan fingerprint density at radius 3 is 2.70 bits per heavy atom. The van der Waals surface area contributed by atoms with Crippen molar-refractivity contribution in [1.82, 2.24) is 19.5 Å². The van der Waals surface area contributed by atoms with Crippen LogP contribution in [0.2, 0.25) is 0 Å². The molecule has 0 spiro atoms. The summed E-state index contributed by atoms with van der Waals surface area (Å²) in [6, 6.07) is 5.76. The molecule has 0 aliphatic heterocycles. The predicted molar refractivity (Wildman–Crippen MR) is 94.1 cm³/mol. The lowest BCUT2D eigenvalue weighted by atomic mass is 10.0. The van der Waals surface area contributed by atoms with Gasteiger partial charge in [-0.1, -0.05) is 30.8 Å². The van der Waals surface area contributed by atoms with Crippen molar-refractivity contribution in [2.45, 2.75) is 12.2 Å². The Morgan fingerprint density at radius 2 is 2.04 bits per heavy atom. The third-order valence-corrected chi connectivity index (χ3v) is 4.91. The third-order valence-electron chi connectivity index (χ3n) is 3.91. The monoisotopic (exact) mass is 397 g/mol. The summed E-state index contributed by atoms with van der Waals surface area (Å²) in [5.74, 6) is -0.139. The van der Waals surface area contributed by atoms with E-state index in [0.29, 0.717) is 0 Å². The number of hydrogen-bond donors (Lipinski definition) is 4. The number of nitrogen functional groups attached to an aromatic ring is 1. The van der Waals surface area contributed by atoms with E-state index in [-0.39, 0.29) is 34.8 Å². The highest BCUT2D eigenvalue weighted by atomic mass is 31.2. The summed E-state index contributed by atoms with van der Waals surface area (Å²) in [5.41, 5.74) is -0.183. The number of aromatic nitrogens is 4. The molecule has 0 aliphatic rings. The summed E-state index contributed by atoms with van der Waals surface area (Å²) in [5, 5.41) is 0. The fourth-order valence-corrected chi connectivity index (χ4v) is 3.03. The van der Waals surface area contributed by atoms with E-state index in [9.17, 15) is 18.1 Å². The molecule has 2 aromatic heterocycles. The van der Waals surface area contributed by atoms with Crippen LogP contribution < -0.4 is 11.3 Å². The fraction of sp³-hybridized carbons (Fsp3) is 0.133. The average molecular weight is 397 g/mol. The van der Waals surface area contributed by atoms with E-state index in [4.69, 9.17) is 15.5 Å². The number of imidazole rings is 1. The number of allylic oxidation sites excluding steroid dienone is 1. The average Bonchev–Trinajstić information content (AvgIpc) is 2.97. The van der Waals surface area contributed by atoms with Crippen molar-refractivity contribution in [2.24, 2.45) is 0 Å². The van der Waals surface area contributed by atoms with E-state index in [1.807, 2.05) is 0 Å². The molecule has 3 rings (SSSR count). The highest BCUT2D eigenvalue weighted by molar-refractivity contribution is 7.53. The molecule has 0 saturated carbocycles. The molecule has 5 N–H and O–H groups in total. The van der Waals surface area contributed by atoms with Gasteiger partial charge < -0.3 is 20.1 Å². The number of benzene rings is 1. The lowest BCUT2D eigenvalue weighted by Gasteiger charge is -2.22. The van der Waals surface area contributed by atoms with Crippen LogP contribution in [0.3, 0.4) is 0 Å². The van der Waals surface area contributed by atoms with E-state index in [1.165, 1.54) is 29.1 Å². The normalized spacial score (nSPS) is 12.4. The van der Waals surface area contributed by atoms with Gasteiger partial charge in [-0.15, -0.1) is 0 Å². The van der Waals surface area contributed by atoms with Crippen molar-refractivity contribution >= 4 is 30.3 Å². The Morgan fingerprint density at radius 1 is 1.37 bits per heavy atom. The van der Waals surface area contributed by atoms with Crippen LogP contribution in [0.15, 0.2) is 42.0 Å². The van der Waals surface area contributed by atoms with E-state index < -0.39 is 24.4 Å². The SMILES string of the molecule is C=C(c1ccccc1Cn1cnc2c(=O)[nH]c(N)nc21)C(F)(F)P(=O)(O)O. The molecule has 0 aliphatic carbocycles. The molecule has 142 valence electrons. The van der Waals surface area contributed by atoms with Gasteiger partial charge in [0, 0.05) is 5.57 Å². The van der Waals surface area contributed by atoms with Gasteiger partial charge in [0.15, 0.2) is 11.2 Å². The molecule has 0 amide bonds. The van der Waals surface area contributed by atoms with Crippen molar-refractivity contribution < 1.29 is 23.1 Å². The minimum absolute atomic E-state index is 0.0149. The van der Waals surface area contributed by atoms with E-state index in [0.717, 1.165) is 0 Å².